The highest BCUT2D eigenvalue weighted by Gasteiger charge is 2.31. The number of thiocarbonyl (C=S) groups is 1. The first kappa shape index (κ1) is 16.2. The molecule has 110 valence electrons. The zero-order valence-corrected chi connectivity index (χ0v) is 14.1. The summed E-state index contributed by atoms with van der Waals surface area (Å²) in [5.74, 6) is -1.02. The van der Waals surface area contributed by atoms with Crippen molar-refractivity contribution in [2.24, 2.45) is 0 Å². The van der Waals surface area contributed by atoms with Crippen molar-refractivity contribution in [2.45, 2.75) is 12.8 Å². The summed E-state index contributed by atoms with van der Waals surface area (Å²) in [7, 11) is 0. The maximum absolute atomic E-state index is 12.3. The number of thioether (sulfide) groups is 1. The summed E-state index contributed by atoms with van der Waals surface area (Å²) in [5.41, 5.74) is 0.921. The molecule has 0 radical (unpaired) electrons. The van der Waals surface area contributed by atoms with Gasteiger partial charge in [-0.25, -0.2) is 0 Å². The lowest BCUT2D eigenvalue weighted by Gasteiger charge is -2.13. The normalized spacial score (nSPS) is 16.8. The average Bonchev–Trinajstić information content (AvgIpc) is 2.68. The van der Waals surface area contributed by atoms with Crippen molar-refractivity contribution in [1.29, 1.82) is 0 Å². The first-order valence-electron chi connectivity index (χ1n) is 6.20. The molecule has 0 spiro atoms. The van der Waals surface area contributed by atoms with Crippen LogP contribution in [0.5, 0.6) is 0 Å². The third kappa shape index (κ3) is 4.39. The largest absolute Gasteiger partial charge is 0.481 e. The molecule has 0 bridgehead atoms. The van der Waals surface area contributed by atoms with E-state index in [1.54, 1.807) is 6.08 Å². The number of nitrogens with zero attached hydrogens (tertiary/aromatic N) is 1. The average molecular weight is 386 g/mol. The van der Waals surface area contributed by atoms with Gasteiger partial charge in [0, 0.05) is 17.4 Å². The summed E-state index contributed by atoms with van der Waals surface area (Å²) in [4.78, 5) is 24.8. The third-order valence-corrected chi connectivity index (χ3v) is 4.72. The SMILES string of the molecule is O=C(O)CCCN1C(=O)/C(=C/c2ccc(Br)cc2)SC1=S. The molecule has 1 aromatic carbocycles. The van der Waals surface area contributed by atoms with Crippen LogP contribution in [0.2, 0.25) is 0 Å². The van der Waals surface area contributed by atoms with E-state index in [9.17, 15) is 9.59 Å². The molecule has 0 atom stereocenters. The Balaban J connectivity index is 2.06. The Morgan fingerprint density at radius 3 is 2.67 bits per heavy atom. The molecule has 7 heteroatoms. The summed E-state index contributed by atoms with van der Waals surface area (Å²) in [5, 5.41) is 8.63. The molecule has 1 heterocycles. The van der Waals surface area contributed by atoms with Crippen molar-refractivity contribution in [3.8, 4) is 0 Å². The van der Waals surface area contributed by atoms with Gasteiger partial charge in [0.05, 0.1) is 4.91 Å². The zero-order chi connectivity index (χ0) is 15.4. The van der Waals surface area contributed by atoms with Crippen LogP contribution in [0.1, 0.15) is 18.4 Å². The molecule has 1 aliphatic heterocycles. The Morgan fingerprint density at radius 2 is 2.05 bits per heavy atom. The Morgan fingerprint density at radius 1 is 1.38 bits per heavy atom. The molecule has 1 saturated heterocycles. The van der Waals surface area contributed by atoms with Crippen LogP contribution >= 0.6 is 39.9 Å². The first-order chi connectivity index (χ1) is 9.97. The van der Waals surface area contributed by atoms with Crippen molar-refractivity contribution in [1.82, 2.24) is 4.90 Å². The van der Waals surface area contributed by atoms with Crippen molar-refractivity contribution < 1.29 is 14.7 Å². The first-order valence-corrected chi connectivity index (χ1v) is 8.22. The van der Waals surface area contributed by atoms with Crippen molar-refractivity contribution in [3.05, 3.63) is 39.2 Å². The van der Waals surface area contributed by atoms with Crippen LogP contribution in [-0.4, -0.2) is 32.7 Å². The van der Waals surface area contributed by atoms with Crippen molar-refractivity contribution in [3.63, 3.8) is 0 Å². The van der Waals surface area contributed by atoms with Gasteiger partial charge in [-0.05, 0) is 30.2 Å². The van der Waals surface area contributed by atoms with Crippen molar-refractivity contribution in [2.75, 3.05) is 6.54 Å². The van der Waals surface area contributed by atoms with E-state index in [4.69, 9.17) is 17.3 Å². The van der Waals surface area contributed by atoms with E-state index in [1.807, 2.05) is 24.3 Å². The Bertz CT molecular complexity index is 613. The quantitative estimate of drug-likeness (QED) is 0.620. The maximum Gasteiger partial charge on any atom is 0.303 e. The molecule has 0 aliphatic carbocycles. The lowest BCUT2D eigenvalue weighted by Crippen LogP contribution is -2.29. The summed E-state index contributed by atoms with van der Waals surface area (Å²) < 4.78 is 1.45. The lowest BCUT2D eigenvalue weighted by atomic mass is 10.2. The van der Waals surface area contributed by atoms with Gasteiger partial charge in [0.1, 0.15) is 4.32 Å². The molecule has 1 aliphatic rings. The molecule has 0 unspecified atom stereocenters. The Kier molecular flexibility index (Phi) is 5.55. The minimum absolute atomic E-state index is 0.0306. The highest BCUT2D eigenvalue weighted by Crippen LogP contribution is 2.32. The minimum Gasteiger partial charge on any atom is -0.481 e. The van der Waals surface area contributed by atoms with Crippen molar-refractivity contribution >= 4 is 62.2 Å². The van der Waals surface area contributed by atoms with E-state index in [0.29, 0.717) is 22.2 Å². The summed E-state index contributed by atoms with van der Waals surface area (Å²) in [6, 6.07) is 7.61. The summed E-state index contributed by atoms with van der Waals surface area (Å²) >= 11 is 9.79. The standard InChI is InChI=1S/C14H12BrNO3S2/c15-10-5-3-9(4-6-10)8-11-13(19)16(14(20)21-11)7-1-2-12(17)18/h3-6,8H,1-2,7H2,(H,17,18)/b11-8-. The lowest BCUT2D eigenvalue weighted by molar-refractivity contribution is -0.137. The number of halogens is 1. The monoisotopic (exact) mass is 385 g/mol. The van der Waals surface area contributed by atoms with Crippen LogP contribution in [0, 0.1) is 0 Å². The van der Waals surface area contributed by atoms with Gasteiger partial charge in [0.25, 0.3) is 5.91 Å². The van der Waals surface area contributed by atoms with Crippen LogP contribution in [0.4, 0.5) is 0 Å². The third-order valence-electron chi connectivity index (χ3n) is 2.81. The number of amides is 1. The zero-order valence-electron chi connectivity index (χ0n) is 10.9. The van der Waals surface area contributed by atoms with E-state index >= 15 is 0 Å². The number of hydrogen-bond acceptors (Lipinski definition) is 4. The van der Waals surface area contributed by atoms with Gasteiger partial charge in [-0.3, -0.25) is 14.5 Å². The molecule has 0 saturated carbocycles. The molecule has 2 rings (SSSR count). The fourth-order valence-corrected chi connectivity index (χ4v) is 3.36. The predicted octanol–water partition coefficient (Wildman–Crippen LogP) is 3.52. The Labute approximate surface area is 140 Å². The van der Waals surface area contributed by atoms with Crippen LogP contribution in [0.15, 0.2) is 33.6 Å². The topological polar surface area (TPSA) is 57.6 Å². The molecule has 1 aromatic rings. The summed E-state index contributed by atoms with van der Waals surface area (Å²) in [6.07, 6.45) is 2.22. The molecular formula is C14H12BrNO3S2. The second-order valence-electron chi connectivity index (χ2n) is 4.38. The number of carboxylic acid groups (broad SMARTS) is 1. The highest BCUT2D eigenvalue weighted by atomic mass is 79.9. The number of rotatable bonds is 5. The highest BCUT2D eigenvalue weighted by molar-refractivity contribution is 9.10. The van der Waals surface area contributed by atoms with Gasteiger partial charge in [0.2, 0.25) is 0 Å². The summed E-state index contributed by atoms with van der Waals surface area (Å²) in [6.45, 7) is 0.342. The van der Waals surface area contributed by atoms with E-state index in [0.717, 1.165) is 10.0 Å². The smallest absolute Gasteiger partial charge is 0.303 e. The predicted molar refractivity (Wildman–Crippen MR) is 90.9 cm³/mol. The van der Waals surface area contributed by atoms with Gasteiger partial charge in [-0.1, -0.05) is 52.0 Å². The molecular weight excluding hydrogens is 374 g/mol. The van der Waals surface area contributed by atoms with E-state index < -0.39 is 5.97 Å². The second-order valence-corrected chi connectivity index (χ2v) is 6.97. The number of carbonyl (C=O) groups excluding carboxylic acids is 1. The number of carbonyl (C=O) groups is 2. The number of carboxylic acids is 1. The number of hydrogen-bond donors (Lipinski definition) is 1. The molecule has 1 N–H and O–H groups in total. The molecule has 1 fully saturated rings. The number of benzene rings is 1. The maximum atomic E-state index is 12.3. The van der Waals surface area contributed by atoms with Gasteiger partial charge >= 0.3 is 5.97 Å². The van der Waals surface area contributed by atoms with E-state index in [1.165, 1.54) is 16.7 Å². The molecule has 21 heavy (non-hydrogen) atoms. The van der Waals surface area contributed by atoms with Gasteiger partial charge in [-0.15, -0.1) is 0 Å². The van der Waals surface area contributed by atoms with Gasteiger partial charge in [0.15, 0.2) is 0 Å². The van der Waals surface area contributed by atoms with Crippen LogP contribution < -0.4 is 0 Å². The van der Waals surface area contributed by atoms with Gasteiger partial charge < -0.3 is 5.11 Å². The molecule has 0 aromatic heterocycles. The fourth-order valence-electron chi connectivity index (χ4n) is 1.79. The van der Waals surface area contributed by atoms with Crippen LogP contribution in [0.3, 0.4) is 0 Å². The molecule has 4 nitrogen and oxygen atoms in total. The Hall–Kier alpha value is -1.18. The van der Waals surface area contributed by atoms with Crippen LogP contribution in [-0.2, 0) is 9.59 Å². The van der Waals surface area contributed by atoms with E-state index in [-0.39, 0.29) is 12.3 Å². The van der Waals surface area contributed by atoms with Gasteiger partial charge in [-0.2, -0.15) is 0 Å². The molecule has 1 amide bonds. The fraction of sp³-hybridized carbons (Fsp3) is 0.214. The number of aliphatic carboxylic acids is 1. The minimum atomic E-state index is -0.870. The van der Waals surface area contributed by atoms with Crippen LogP contribution in [0.25, 0.3) is 6.08 Å². The second kappa shape index (κ2) is 7.20. The van der Waals surface area contributed by atoms with E-state index in [2.05, 4.69) is 15.9 Å².